The molecule has 0 spiro atoms. The van der Waals surface area contributed by atoms with Crippen molar-refractivity contribution in [2.24, 2.45) is 0 Å². The lowest BCUT2D eigenvalue weighted by molar-refractivity contribution is 0.0525. The number of aryl methyl sites for hydroxylation is 1. The minimum Gasteiger partial charge on any atom is -0.462 e. The zero-order valence-electron chi connectivity index (χ0n) is 7.50. The molecule has 0 atom stereocenters. The highest BCUT2D eigenvalue weighted by molar-refractivity contribution is 14.1. The summed E-state index contributed by atoms with van der Waals surface area (Å²) < 4.78 is 5.82. The lowest BCUT2D eigenvalue weighted by Gasteiger charge is -2.04. The number of halogens is 1. The Morgan fingerprint density at radius 3 is 3.00 bits per heavy atom. The van der Waals surface area contributed by atoms with Crippen LogP contribution in [-0.2, 0) is 4.74 Å². The van der Waals surface area contributed by atoms with Crippen molar-refractivity contribution in [3.05, 3.63) is 27.1 Å². The molecule has 3 nitrogen and oxygen atoms in total. The van der Waals surface area contributed by atoms with Gasteiger partial charge >= 0.3 is 5.97 Å². The summed E-state index contributed by atoms with van der Waals surface area (Å²) in [7, 11) is 0. The predicted molar refractivity (Wildman–Crippen MR) is 57.6 cm³/mol. The maximum atomic E-state index is 11.4. The van der Waals surface area contributed by atoms with Crippen LogP contribution in [-0.4, -0.2) is 17.6 Å². The molecular formula is C9H10INO2. The van der Waals surface area contributed by atoms with E-state index in [1.165, 1.54) is 0 Å². The molecule has 4 heteroatoms. The monoisotopic (exact) mass is 291 g/mol. The third-order valence-electron chi connectivity index (χ3n) is 1.55. The van der Waals surface area contributed by atoms with E-state index in [1.54, 1.807) is 26.1 Å². The molecule has 0 saturated carbocycles. The van der Waals surface area contributed by atoms with Gasteiger partial charge < -0.3 is 4.74 Å². The first-order chi connectivity index (χ1) is 6.15. The van der Waals surface area contributed by atoms with E-state index < -0.39 is 0 Å². The largest absolute Gasteiger partial charge is 0.462 e. The fourth-order valence-corrected chi connectivity index (χ4v) is 1.37. The van der Waals surface area contributed by atoms with Crippen LogP contribution in [0.25, 0.3) is 0 Å². The quantitative estimate of drug-likeness (QED) is 0.619. The van der Waals surface area contributed by atoms with Crippen molar-refractivity contribution in [3.8, 4) is 0 Å². The smallest absolute Gasteiger partial charge is 0.340 e. The highest BCUT2D eigenvalue weighted by atomic mass is 127. The van der Waals surface area contributed by atoms with Gasteiger partial charge in [-0.05, 0) is 42.5 Å². The van der Waals surface area contributed by atoms with Gasteiger partial charge in [0.25, 0.3) is 0 Å². The molecule has 0 bridgehead atoms. The van der Waals surface area contributed by atoms with Gasteiger partial charge in [0, 0.05) is 9.77 Å². The van der Waals surface area contributed by atoms with Gasteiger partial charge in [-0.15, -0.1) is 0 Å². The van der Waals surface area contributed by atoms with Gasteiger partial charge in [-0.25, -0.2) is 4.79 Å². The number of pyridine rings is 1. The average molecular weight is 291 g/mol. The second-order valence-corrected chi connectivity index (χ2v) is 3.75. The first-order valence-corrected chi connectivity index (χ1v) is 5.02. The van der Waals surface area contributed by atoms with Gasteiger partial charge in [0.1, 0.15) is 0 Å². The van der Waals surface area contributed by atoms with Gasteiger partial charge in [0.2, 0.25) is 0 Å². The molecular weight excluding hydrogens is 281 g/mol. The van der Waals surface area contributed by atoms with Gasteiger partial charge in [-0.1, -0.05) is 0 Å². The van der Waals surface area contributed by atoms with Crippen LogP contribution in [0.2, 0.25) is 0 Å². The summed E-state index contributed by atoms with van der Waals surface area (Å²) in [5, 5.41) is 0. The summed E-state index contributed by atoms with van der Waals surface area (Å²) in [6, 6.07) is 1.78. The van der Waals surface area contributed by atoms with E-state index in [4.69, 9.17) is 4.74 Å². The molecule has 13 heavy (non-hydrogen) atoms. The standard InChI is InChI=1S/C9H10INO2/c1-3-13-9(12)8-4-7(10)5-11-6(8)2/h4-5H,3H2,1-2H3. The molecule has 0 N–H and O–H groups in total. The molecule has 1 aromatic heterocycles. The van der Waals surface area contributed by atoms with Crippen LogP contribution >= 0.6 is 22.6 Å². The van der Waals surface area contributed by atoms with Crippen LogP contribution in [0, 0.1) is 10.5 Å². The number of hydrogen-bond donors (Lipinski definition) is 0. The molecule has 0 amide bonds. The summed E-state index contributed by atoms with van der Waals surface area (Å²) in [5.41, 5.74) is 1.26. The number of carbonyl (C=O) groups is 1. The van der Waals surface area contributed by atoms with Crippen LogP contribution in [0.1, 0.15) is 23.0 Å². The number of rotatable bonds is 2. The highest BCUT2D eigenvalue weighted by Crippen LogP contribution is 2.11. The molecule has 0 radical (unpaired) electrons. The van der Waals surface area contributed by atoms with Crippen LogP contribution in [0.3, 0.4) is 0 Å². The molecule has 0 aromatic carbocycles. The number of esters is 1. The van der Waals surface area contributed by atoms with Crippen LogP contribution in [0.5, 0.6) is 0 Å². The summed E-state index contributed by atoms with van der Waals surface area (Å²) in [6.45, 7) is 3.97. The summed E-state index contributed by atoms with van der Waals surface area (Å²) >= 11 is 2.11. The van der Waals surface area contributed by atoms with E-state index in [0.717, 1.165) is 3.57 Å². The van der Waals surface area contributed by atoms with Crippen molar-refractivity contribution in [3.63, 3.8) is 0 Å². The number of ether oxygens (including phenoxy) is 1. The molecule has 70 valence electrons. The second kappa shape index (κ2) is 4.55. The topological polar surface area (TPSA) is 39.2 Å². The maximum absolute atomic E-state index is 11.4. The Hall–Kier alpha value is -0.650. The Morgan fingerprint density at radius 2 is 2.38 bits per heavy atom. The zero-order chi connectivity index (χ0) is 9.84. The van der Waals surface area contributed by atoms with Crippen LogP contribution in [0.4, 0.5) is 0 Å². The Morgan fingerprint density at radius 1 is 1.69 bits per heavy atom. The normalized spacial score (nSPS) is 9.77. The summed E-state index contributed by atoms with van der Waals surface area (Å²) in [4.78, 5) is 15.4. The van der Waals surface area contributed by atoms with Gasteiger partial charge in [-0.3, -0.25) is 4.98 Å². The van der Waals surface area contributed by atoms with E-state index in [1.807, 2.05) is 0 Å². The van der Waals surface area contributed by atoms with E-state index in [9.17, 15) is 4.79 Å². The second-order valence-electron chi connectivity index (χ2n) is 2.51. The molecule has 0 unspecified atom stereocenters. The van der Waals surface area contributed by atoms with Gasteiger partial charge in [0.15, 0.2) is 0 Å². The minimum atomic E-state index is -0.300. The van der Waals surface area contributed by atoms with E-state index >= 15 is 0 Å². The first-order valence-electron chi connectivity index (χ1n) is 3.94. The fraction of sp³-hybridized carbons (Fsp3) is 0.333. The van der Waals surface area contributed by atoms with Gasteiger partial charge in [-0.2, -0.15) is 0 Å². The van der Waals surface area contributed by atoms with E-state index in [-0.39, 0.29) is 5.97 Å². The molecule has 1 heterocycles. The lowest BCUT2D eigenvalue weighted by Crippen LogP contribution is -2.08. The van der Waals surface area contributed by atoms with Crippen molar-refractivity contribution in [1.82, 2.24) is 4.98 Å². The SMILES string of the molecule is CCOC(=O)c1cc(I)cnc1C. The van der Waals surface area contributed by atoms with Crippen molar-refractivity contribution in [1.29, 1.82) is 0 Å². The number of hydrogen-bond acceptors (Lipinski definition) is 3. The molecule has 1 rings (SSSR count). The third-order valence-corrected chi connectivity index (χ3v) is 2.14. The Bertz CT molecular complexity index is 325. The first kappa shape index (κ1) is 10.4. The molecule has 1 aromatic rings. The average Bonchev–Trinajstić information content (AvgIpc) is 2.09. The minimum absolute atomic E-state index is 0.300. The van der Waals surface area contributed by atoms with Crippen molar-refractivity contribution in [2.45, 2.75) is 13.8 Å². The predicted octanol–water partition coefficient (Wildman–Crippen LogP) is 2.17. The Labute approximate surface area is 90.6 Å². The fourth-order valence-electron chi connectivity index (χ4n) is 0.923. The summed E-state index contributed by atoms with van der Waals surface area (Å²) in [5.74, 6) is -0.300. The van der Waals surface area contributed by atoms with E-state index in [0.29, 0.717) is 17.9 Å². The maximum Gasteiger partial charge on any atom is 0.340 e. The zero-order valence-corrected chi connectivity index (χ0v) is 9.66. The van der Waals surface area contributed by atoms with Crippen molar-refractivity contribution < 1.29 is 9.53 Å². The summed E-state index contributed by atoms with van der Waals surface area (Å²) in [6.07, 6.45) is 1.72. The van der Waals surface area contributed by atoms with Crippen molar-refractivity contribution in [2.75, 3.05) is 6.61 Å². The molecule has 0 aliphatic carbocycles. The number of carbonyl (C=O) groups excluding carboxylic acids is 1. The van der Waals surface area contributed by atoms with E-state index in [2.05, 4.69) is 27.6 Å². The lowest BCUT2D eigenvalue weighted by atomic mass is 10.2. The number of aromatic nitrogens is 1. The third kappa shape index (κ3) is 2.65. The molecule has 0 saturated heterocycles. The van der Waals surface area contributed by atoms with Gasteiger partial charge in [0.05, 0.1) is 17.9 Å². The molecule has 0 aliphatic heterocycles. The Balaban J connectivity index is 2.99. The van der Waals surface area contributed by atoms with Crippen LogP contribution < -0.4 is 0 Å². The van der Waals surface area contributed by atoms with Crippen LogP contribution in [0.15, 0.2) is 12.3 Å². The number of nitrogens with zero attached hydrogens (tertiary/aromatic N) is 1. The molecule has 0 aliphatic rings. The van der Waals surface area contributed by atoms with Crippen molar-refractivity contribution >= 4 is 28.6 Å². The highest BCUT2D eigenvalue weighted by Gasteiger charge is 2.10. The molecule has 0 fully saturated rings. The Kier molecular flexibility index (Phi) is 3.65.